The largest absolute Gasteiger partial charge is 0.207 e. The van der Waals surface area contributed by atoms with Gasteiger partial charge in [-0.25, -0.2) is 8.78 Å². The summed E-state index contributed by atoms with van der Waals surface area (Å²) < 4.78 is 27.2. The first-order valence-corrected chi connectivity index (χ1v) is 7.17. The molecule has 2 heteroatoms. The molecule has 20 heavy (non-hydrogen) atoms. The third-order valence-corrected chi connectivity index (χ3v) is 5.39. The van der Waals surface area contributed by atoms with Crippen molar-refractivity contribution in [1.82, 2.24) is 0 Å². The van der Waals surface area contributed by atoms with E-state index >= 15 is 0 Å². The summed E-state index contributed by atoms with van der Waals surface area (Å²) in [5, 5.41) is 0. The molecule has 0 aliphatic heterocycles. The van der Waals surface area contributed by atoms with Crippen molar-refractivity contribution in [3.8, 4) is 11.1 Å². The van der Waals surface area contributed by atoms with E-state index in [1.807, 2.05) is 12.1 Å². The topological polar surface area (TPSA) is 0 Å². The predicted molar refractivity (Wildman–Crippen MR) is 75.6 cm³/mol. The smallest absolute Gasteiger partial charge is 0.123 e. The monoisotopic (exact) mass is 270 g/mol. The van der Waals surface area contributed by atoms with Gasteiger partial charge in [0.2, 0.25) is 0 Å². The van der Waals surface area contributed by atoms with E-state index in [2.05, 4.69) is 13.8 Å². The molecule has 0 saturated heterocycles. The van der Waals surface area contributed by atoms with Gasteiger partial charge in [0, 0.05) is 0 Å². The van der Waals surface area contributed by atoms with Crippen molar-refractivity contribution in [3.63, 3.8) is 0 Å². The fraction of sp³-hybridized carbons (Fsp3) is 0.333. The lowest BCUT2D eigenvalue weighted by atomic mass is 9.50. The summed E-state index contributed by atoms with van der Waals surface area (Å²) in [4.78, 5) is 0. The van der Waals surface area contributed by atoms with E-state index in [0.29, 0.717) is 23.7 Å². The molecular formula is C18H16F2. The van der Waals surface area contributed by atoms with Gasteiger partial charge in [0.25, 0.3) is 0 Å². The van der Waals surface area contributed by atoms with Crippen molar-refractivity contribution >= 4 is 0 Å². The summed E-state index contributed by atoms with van der Waals surface area (Å²) in [5.74, 6) is 1.55. The van der Waals surface area contributed by atoms with E-state index in [4.69, 9.17) is 0 Å². The fourth-order valence-electron chi connectivity index (χ4n) is 4.22. The van der Waals surface area contributed by atoms with Crippen molar-refractivity contribution in [2.75, 3.05) is 0 Å². The molecule has 1 saturated carbocycles. The normalized spacial score (nSPS) is 30.0. The molecule has 2 aliphatic carbocycles. The van der Waals surface area contributed by atoms with Crippen LogP contribution in [0.5, 0.6) is 0 Å². The van der Waals surface area contributed by atoms with Gasteiger partial charge in [0.05, 0.1) is 0 Å². The molecule has 0 nitrogen and oxygen atoms in total. The molecule has 0 spiro atoms. The van der Waals surface area contributed by atoms with Crippen LogP contribution in [0, 0.1) is 23.5 Å². The van der Waals surface area contributed by atoms with Gasteiger partial charge in [-0.15, -0.1) is 0 Å². The van der Waals surface area contributed by atoms with Crippen molar-refractivity contribution < 1.29 is 8.78 Å². The number of halogens is 2. The standard InChI is InChI=1S/C18H16F2/c1-9-10(2)18-14-6-4-12(20)8-16(14)15-7-11(19)3-5-13(15)17(9)18/h3-10,17-18H,1-2H3/t9?,10?,17-,18?/m1/s1. The van der Waals surface area contributed by atoms with Gasteiger partial charge in [-0.1, -0.05) is 26.0 Å². The fourth-order valence-corrected chi connectivity index (χ4v) is 4.22. The molecule has 0 aromatic heterocycles. The Labute approximate surface area is 117 Å². The minimum atomic E-state index is -0.252. The van der Waals surface area contributed by atoms with Gasteiger partial charge >= 0.3 is 0 Å². The van der Waals surface area contributed by atoms with Crippen LogP contribution in [0.2, 0.25) is 0 Å². The highest BCUT2D eigenvalue weighted by atomic mass is 19.1. The van der Waals surface area contributed by atoms with Crippen LogP contribution >= 0.6 is 0 Å². The van der Waals surface area contributed by atoms with Crippen LogP contribution in [0.4, 0.5) is 8.78 Å². The number of rotatable bonds is 0. The lowest BCUT2D eigenvalue weighted by Crippen LogP contribution is -2.42. The molecule has 2 aromatic rings. The van der Waals surface area contributed by atoms with Gasteiger partial charge < -0.3 is 0 Å². The van der Waals surface area contributed by atoms with E-state index in [1.165, 1.54) is 23.3 Å². The molecule has 1 fully saturated rings. The Bertz CT molecular complexity index is 643. The predicted octanol–water partition coefficient (Wildman–Crippen LogP) is 5.10. The molecule has 3 unspecified atom stereocenters. The molecule has 0 radical (unpaired) electrons. The number of hydrogen-bond donors (Lipinski definition) is 0. The van der Waals surface area contributed by atoms with E-state index in [-0.39, 0.29) is 11.6 Å². The quantitative estimate of drug-likeness (QED) is 0.625. The highest BCUT2D eigenvalue weighted by Crippen LogP contribution is 2.63. The van der Waals surface area contributed by atoms with Crippen LogP contribution in [-0.4, -0.2) is 0 Å². The zero-order valence-corrected chi connectivity index (χ0v) is 11.5. The third kappa shape index (κ3) is 1.39. The van der Waals surface area contributed by atoms with Crippen molar-refractivity contribution in [3.05, 3.63) is 59.2 Å². The Kier molecular flexibility index (Phi) is 2.36. The molecule has 0 bridgehead atoms. The molecule has 0 heterocycles. The van der Waals surface area contributed by atoms with E-state index in [9.17, 15) is 8.78 Å². The third-order valence-electron chi connectivity index (χ3n) is 5.39. The summed E-state index contributed by atoms with van der Waals surface area (Å²) in [5.41, 5.74) is 4.11. The maximum Gasteiger partial charge on any atom is 0.123 e. The second kappa shape index (κ2) is 3.91. The van der Waals surface area contributed by atoms with Crippen LogP contribution in [0.3, 0.4) is 0 Å². The minimum absolute atomic E-state index is 0.252. The van der Waals surface area contributed by atoms with Crippen LogP contribution in [0.15, 0.2) is 36.4 Å². The second-order valence-corrected chi connectivity index (χ2v) is 6.23. The Balaban J connectivity index is 2.01. The maximum atomic E-state index is 13.6. The zero-order chi connectivity index (χ0) is 14.0. The van der Waals surface area contributed by atoms with Gasteiger partial charge in [-0.2, -0.15) is 0 Å². The molecule has 102 valence electrons. The Morgan fingerprint density at radius 1 is 0.700 bits per heavy atom. The number of fused-ring (bicyclic) bond motifs is 6. The average molecular weight is 270 g/mol. The Hall–Kier alpha value is -1.70. The summed E-state index contributed by atoms with van der Waals surface area (Å²) in [6.45, 7) is 4.51. The van der Waals surface area contributed by atoms with Crippen LogP contribution < -0.4 is 0 Å². The van der Waals surface area contributed by atoms with Crippen LogP contribution in [-0.2, 0) is 0 Å². The summed E-state index contributed by atoms with van der Waals surface area (Å²) in [7, 11) is 0. The number of benzene rings is 2. The lowest BCUT2D eigenvalue weighted by Gasteiger charge is -2.53. The van der Waals surface area contributed by atoms with Gasteiger partial charge in [-0.05, 0) is 70.2 Å². The van der Waals surface area contributed by atoms with E-state index in [1.54, 1.807) is 12.1 Å². The van der Waals surface area contributed by atoms with Crippen molar-refractivity contribution in [2.45, 2.75) is 25.7 Å². The highest BCUT2D eigenvalue weighted by molar-refractivity contribution is 5.76. The molecule has 0 amide bonds. The first-order valence-electron chi connectivity index (χ1n) is 7.17. The first kappa shape index (κ1) is 12.1. The van der Waals surface area contributed by atoms with Gasteiger partial charge in [0.1, 0.15) is 11.6 Å². The van der Waals surface area contributed by atoms with Gasteiger partial charge in [0.15, 0.2) is 0 Å². The lowest BCUT2D eigenvalue weighted by molar-refractivity contribution is 0.121. The van der Waals surface area contributed by atoms with Crippen LogP contribution in [0.25, 0.3) is 11.1 Å². The van der Waals surface area contributed by atoms with E-state index < -0.39 is 0 Å². The summed E-state index contributed by atoms with van der Waals surface area (Å²) in [6, 6.07) is 9.93. The maximum absolute atomic E-state index is 13.6. The highest BCUT2D eigenvalue weighted by Gasteiger charge is 2.50. The Morgan fingerprint density at radius 2 is 1.10 bits per heavy atom. The van der Waals surface area contributed by atoms with Gasteiger partial charge in [-0.3, -0.25) is 0 Å². The van der Waals surface area contributed by atoms with Crippen LogP contribution in [0.1, 0.15) is 36.8 Å². The zero-order valence-electron chi connectivity index (χ0n) is 11.5. The van der Waals surface area contributed by atoms with Crippen molar-refractivity contribution in [2.24, 2.45) is 11.8 Å². The molecule has 4 rings (SSSR count). The molecule has 2 aromatic carbocycles. The summed E-state index contributed by atoms with van der Waals surface area (Å²) in [6.07, 6.45) is 0. The summed E-state index contributed by atoms with van der Waals surface area (Å²) >= 11 is 0. The number of hydrogen-bond acceptors (Lipinski definition) is 0. The SMILES string of the molecule is CC1C(C)[C@@H]2c3ccc(F)cc3-c3cc(F)ccc3C12. The average Bonchev–Trinajstić information content (AvgIpc) is 2.45. The molecule has 4 atom stereocenters. The molecular weight excluding hydrogens is 254 g/mol. The minimum Gasteiger partial charge on any atom is -0.207 e. The van der Waals surface area contributed by atoms with Crippen molar-refractivity contribution in [1.29, 1.82) is 0 Å². The first-order chi connectivity index (χ1) is 9.58. The molecule has 2 aliphatic rings. The van der Waals surface area contributed by atoms with E-state index in [0.717, 1.165) is 11.1 Å². The molecule has 0 N–H and O–H groups in total. The Morgan fingerprint density at radius 3 is 1.50 bits per heavy atom. The second-order valence-electron chi connectivity index (χ2n) is 6.23.